The number of hydrogen-bond acceptors (Lipinski definition) is 5. The molecule has 1 saturated heterocycles. The van der Waals surface area contributed by atoms with Crippen LogP contribution >= 0.6 is 0 Å². The van der Waals surface area contributed by atoms with Crippen molar-refractivity contribution in [1.82, 2.24) is 0 Å². The Morgan fingerprint density at radius 3 is 2.80 bits per heavy atom. The summed E-state index contributed by atoms with van der Waals surface area (Å²) in [4.78, 5) is 0. The monoisotopic (exact) mass is 285 g/mol. The normalized spacial score (nSPS) is 41.7. The first-order valence-corrected chi connectivity index (χ1v) is 6.84. The van der Waals surface area contributed by atoms with Crippen molar-refractivity contribution in [2.75, 3.05) is 20.5 Å². The summed E-state index contributed by atoms with van der Waals surface area (Å²) in [6.45, 7) is 0.729. The molecule has 1 saturated carbocycles. The Balaban J connectivity index is 0.000000745. The van der Waals surface area contributed by atoms with Gasteiger partial charge in [0.15, 0.2) is 0 Å². The Hall–Kier alpha value is -0.0701. The molecule has 0 aromatic rings. The van der Waals surface area contributed by atoms with Gasteiger partial charge in [-0.05, 0) is 18.8 Å². The molecule has 0 aromatic carbocycles. The van der Waals surface area contributed by atoms with Crippen molar-refractivity contribution in [3.05, 3.63) is 0 Å². The Morgan fingerprint density at radius 2 is 2.20 bits per heavy atom. The first-order chi connectivity index (χ1) is 10.5. The zero-order chi connectivity index (χ0) is 16.5. The van der Waals surface area contributed by atoms with Gasteiger partial charge in [0, 0.05) is 14.5 Å². The van der Waals surface area contributed by atoms with Crippen LogP contribution in [0.15, 0.2) is 0 Å². The van der Waals surface area contributed by atoms with Crippen LogP contribution in [0.2, 0.25) is 5.82 Å². The Morgan fingerprint density at radius 1 is 1.45 bits per heavy atom. The predicted molar refractivity (Wildman–Crippen MR) is 76.8 cm³/mol. The lowest BCUT2D eigenvalue weighted by atomic mass is 9.86. The van der Waals surface area contributed by atoms with E-state index in [0.717, 1.165) is 12.8 Å². The SMILES string of the molecule is [2H]CC1CC([B])CC1OCOCC1OC([B])CC1O.[3H]OC. The Labute approximate surface area is 126 Å². The van der Waals surface area contributed by atoms with Crippen molar-refractivity contribution >= 4 is 15.7 Å². The summed E-state index contributed by atoms with van der Waals surface area (Å²) < 4.78 is 29.4. The molecule has 2 N–H and O–H groups in total. The van der Waals surface area contributed by atoms with Gasteiger partial charge in [0.1, 0.15) is 20.7 Å². The molecule has 20 heavy (non-hydrogen) atoms. The van der Waals surface area contributed by atoms with Crippen LogP contribution in [0.3, 0.4) is 0 Å². The third-order valence-corrected chi connectivity index (χ3v) is 3.57. The van der Waals surface area contributed by atoms with Crippen LogP contribution in [-0.4, -0.2) is 72.2 Å². The zero-order valence-corrected chi connectivity index (χ0v) is 11.9. The van der Waals surface area contributed by atoms with E-state index >= 15 is 0 Å². The van der Waals surface area contributed by atoms with Crippen LogP contribution in [0.5, 0.6) is 0 Å². The van der Waals surface area contributed by atoms with Gasteiger partial charge in [-0.25, -0.2) is 0 Å². The molecule has 2 aliphatic rings. The van der Waals surface area contributed by atoms with Crippen molar-refractivity contribution in [3.8, 4) is 0 Å². The fourth-order valence-corrected chi connectivity index (χ4v) is 2.54. The lowest BCUT2D eigenvalue weighted by Gasteiger charge is -2.18. The van der Waals surface area contributed by atoms with E-state index in [2.05, 4.69) is 5.11 Å². The summed E-state index contributed by atoms with van der Waals surface area (Å²) in [5.41, 5.74) is 0. The summed E-state index contributed by atoms with van der Waals surface area (Å²) in [7, 11) is 12.7. The van der Waals surface area contributed by atoms with Gasteiger partial charge in [-0.2, -0.15) is 0 Å². The largest absolute Gasteiger partial charge is 0.400 e. The third kappa shape index (κ3) is 5.37. The average molecular weight is 285 g/mol. The molecule has 0 spiro atoms. The number of hydrogen-bond donors (Lipinski definition) is 2. The van der Waals surface area contributed by atoms with E-state index in [1.807, 2.05) is 0 Å². The lowest BCUT2D eigenvalue weighted by Crippen LogP contribution is -2.28. The van der Waals surface area contributed by atoms with E-state index in [4.69, 9.17) is 32.7 Å². The van der Waals surface area contributed by atoms with E-state index in [-0.39, 0.29) is 37.3 Å². The highest BCUT2D eigenvalue weighted by molar-refractivity contribution is 6.11. The van der Waals surface area contributed by atoms with Gasteiger partial charge in [0.2, 0.25) is 1.43 Å². The molecule has 1 aliphatic carbocycles. The van der Waals surface area contributed by atoms with Crippen molar-refractivity contribution in [1.29, 1.82) is 1.43 Å². The molecule has 4 radical (unpaired) electrons. The van der Waals surface area contributed by atoms with Crippen LogP contribution in [0.25, 0.3) is 0 Å². The van der Waals surface area contributed by atoms with Crippen molar-refractivity contribution in [2.24, 2.45) is 5.92 Å². The molecule has 5 nitrogen and oxygen atoms in total. The summed E-state index contributed by atoms with van der Waals surface area (Å²) in [6, 6.07) is -0.412. The average Bonchev–Trinajstić information content (AvgIpc) is 2.98. The Bertz CT molecular complexity index is 304. The van der Waals surface area contributed by atoms with Crippen LogP contribution in [0.1, 0.15) is 27.5 Å². The summed E-state index contributed by atoms with van der Waals surface area (Å²) in [5.74, 6) is 0.318. The zero-order valence-electron chi connectivity index (χ0n) is 13.9. The Kier molecular flexibility index (Phi) is 6.72. The number of aliphatic hydroxyl groups is 2. The fourth-order valence-electron chi connectivity index (χ4n) is 2.54. The molecule has 1 heterocycles. The molecule has 2 rings (SSSR count). The van der Waals surface area contributed by atoms with Gasteiger partial charge >= 0.3 is 0 Å². The highest BCUT2D eigenvalue weighted by Crippen LogP contribution is 2.34. The van der Waals surface area contributed by atoms with Gasteiger partial charge in [-0.3, -0.25) is 0 Å². The second-order valence-electron chi connectivity index (χ2n) is 5.20. The quantitative estimate of drug-likeness (QED) is 0.422. The van der Waals surface area contributed by atoms with E-state index in [1.54, 1.807) is 0 Å². The minimum absolute atomic E-state index is 0.00387. The molecule has 2 fully saturated rings. The maximum Gasteiger partial charge on any atom is 0.210 e. The van der Waals surface area contributed by atoms with Gasteiger partial charge in [-0.15, -0.1) is 0 Å². The van der Waals surface area contributed by atoms with Gasteiger partial charge in [0.25, 0.3) is 0 Å². The highest BCUT2D eigenvalue weighted by Gasteiger charge is 2.32. The summed E-state index contributed by atoms with van der Waals surface area (Å²) in [6.07, 6.45) is 1.11. The summed E-state index contributed by atoms with van der Waals surface area (Å²) in [5, 5.41) is 13.1. The molecular formula is C13H24B2O5. The van der Waals surface area contributed by atoms with Crippen LogP contribution in [0.4, 0.5) is 0 Å². The topological polar surface area (TPSA) is 68.2 Å². The van der Waals surface area contributed by atoms with E-state index in [1.165, 1.54) is 7.11 Å². The van der Waals surface area contributed by atoms with Gasteiger partial charge in [-0.1, -0.05) is 19.1 Å². The van der Waals surface area contributed by atoms with Gasteiger partial charge < -0.3 is 24.4 Å². The van der Waals surface area contributed by atoms with E-state index in [0.29, 0.717) is 13.3 Å². The minimum atomic E-state index is -0.573. The lowest BCUT2D eigenvalue weighted by molar-refractivity contribution is -0.125. The minimum Gasteiger partial charge on any atom is -0.400 e. The molecule has 6 unspecified atom stereocenters. The smallest absolute Gasteiger partial charge is 0.210 e. The van der Waals surface area contributed by atoms with Crippen LogP contribution in [-0.2, 0) is 14.2 Å². The van der Waals surface area contributed by atoms with Crippen molar-refractivity contribution < 1.29 is 25.8 Å². The molecule has 0 bridgehead atoms. The fraction of sp³-hybridized carbons (Fsp3) is 1.00. The first-order valence-electron chi connectivity index (χ1n) is 7.95. The maximum absolute atomic E-state index is 9.62. The molecule has 7 heteroatoms. The number of ether oxygens (including phenoxy) is 3. The molecule has 112 valence electrons. The molecule has 6 atom stereocenters. The van der Waals surface area contributed by atoms with Crippen LogP contribution in [0, 0.1) is 5.92 Å². The maximum atomic E-state index is 9.62. The van der Waals surface area contributed by atoms with Gasteiger partial charge in [0.05, 0.1) is 26.7 Å². The highest BCUT2D eigenvalue weighted by atomic mass is 16.7. The van der Waals surface area contributed by atoms with Crippen molar-refractivity contribution in [2.45, 2.75) is 56.3 Å². The summed E-state index contributed by atoms with van der Waals surface area (Å²) >= 11 is 0. The first kappa shape index (κ1) is 14.9. The van der Waals surface area contributed by atoms with E-state index in [9.17, 15) is 5.11 Å². The molecule has 0 amide bonds. The molecule has 0 aromatic heterocycles. The number of aliphatic hydroxyl groups excluding tert-OH is 2. The standard InChI is InChI=1S/C12H20B2O4.CH4O/c1-7-2-8(13)3-10(7)17-6-16-5-11-9(15)4-12(14)18-11;1-2/h7-12,15H,2-6H2,1H3;2H,1H3/i1D;2T. The molecule has 1 aliphatic heterocycles. The molecular weight excluding hydrogens is 258 g/mol. The van der Waals surface area contributed by atoms with E-state index < -0.39 is 12.1 Å². The van der Waals surface area contributed by atoms with Crippen molar-refractivity contribution in [3.63, 3.8) is 0 Å². The predicted octanol–water partition coefficient (Wildman–Crippen LogP) is -0.0145. The third-order valence-electron chi connectivity index (χ3n) is 3.57. The second-order valence-corrected chi connectivity index (χ2v) is 5.20. The second kappa shape index (κ2) is 9.05. The van der Waals surface area contributed by atoms with Crippen LogP contribution < -0.4 is 0 Å². The number of rotatable bonds is 5.